The molecule has 0 radical (unpaired) electrons. The minimum atomic E-state index is -0.446. The van der Waals surface area contributed by atoms with E-state index in [0.29, 0.717) is 11.4 Å². The summed E-state index contributed by atoms with van der Waals surface area (Å²) in [4.78, 5) is 17.5. The molecule has 1 aromatic heterocycles. The van der Waals surface area contributed by atoms with E-state index in [9.17, 15) is 4.79 Å². The smallest absolute Gasteiger partial charge is 0.273 e. The molecule has 0 spiro atoms. The molecule has 2 aromatic rings. The molecule has 3 N–H and O–H groups in total. The van der Waals surface area contributed by atoms with Crippen LogP contribution in [0.25, 0.3) is 0 Å². The Morgan fingerprint density at radius 1 is 1.47 bits per heavy atom. The molecule has 17 heavy (non-hydrogen) atoms. The first-order valence-electron chi connectivity index (χ1n) is 4.85. The summed E-state index contributed by atoms with van der Waals surface area (Å²) in [7, 11) is 0. The number of nitrogen functional groups attached to an aromatic ring is 1. The van der Waals surface area contributed by atoms with Crippen LogP contribution in [0.4, 0.5) is 5.69 Å². The van der Waals surface area contributed by atoms with Crippen LogP contribution in [0.1, 0.15) is 5.56 Å². The van der Waals surface area contributed by atoms with Gasteiger partial charge in [-0.2, -0.15) is 0 Å². The van der Waals surface area contributed by atoms with E-state index in [1.807, 2.05) is 6.92 Å². The minimum Gasteiger partial charge on any atom is -0.437 e. The number of ether oxygens (including phenoxy) is 1. The molecule has 6 heteroatoms. The summed E-state index contributed by atoms with van der Waals surface area (Å²) in [5.41, 5.74) is 6.66. The molecule has 0 bridgehead atoms. The fraction of sp³-hybridized carbons (Fsp3) is 0.0909. The van der Waals surface area contributed by atoms with Gasteiger partial charge in [-0.3, -0.25) is 4.79 Å². The molecule has 0 amide bonds. The molecular weight excluding hydrogens is 242 g/mol. The number of aromatic amines is 1. The second-order valence-corrected chi connectivity index (χ2v) is 3.80. The van der Waals surface area contributed by atoms with E-state index in [1.54, 1.807) is 18.2 Å². The lowest BCUT2D eigenvalue weighted by Gasteiger charge is -2.09. The molecule has 0 unspecified atom stereocenters. The molecule has 88 valence electrons. The first-order valence-corrected chi connectivity index (χ1v) is 5.23. The van der Waals surface area contributed by atoms with E-state index < -0.39 is 5.56 Å². The van der Waals surface area contributed by atoms with E-state index in [1.165, 1.54) is 6.33 Å². The largest absolute Gasteiger partial charge is 0.437 e. The van der Waals surface area contributed by atoms with Crippen molar-refractivity contribution in [3.8, 4) is 11.6 Å². The molecular formula is C11H10ClN3O2. The van der Waals surface area contributed by atoms with E-state index in [-0.39, 0.29) is 10.9 Å². The van der Waals surface area contributed by atoms with Crippen LogP contribution in [0.3, 0.4) is 0 Å². The van der Waals surface area contributed by atoms with Gasteiger partial charge < -0.3 is 15.5 Å². The third-order valence-corrected chi connectivity index (χ3v) is 2.63. The van der Waals surface area contributed by atoms with Crippen molar-refractivity contribution in [2.24, 2.45) is 0 Å². The molecule has 1 aromatic carbocycles. The average molecular weight is 252 g/mol. The molecule has 5 nitrogen and oxygen atoms in total. The highest BCUT2D eigenvalue weighted by Crippen LogP contribution is 2.29. The Labute approximate surface area is 102 Å². The topological polar surface area (TPSA) is 81.0 Å². The molecule has 0 aliphatic heterocycles. The summed E-state index contributed by atoms with van der Waals surface area (Å²) < 4.78 is 5.46. The highest BCUT2D eigenvalue weighted by Gasteiger charge is 2.10. The molecule has 0 fully saturated rings. The van der Waals surface area contributed by atoms with Gasteiger partial charge in [0, 0.05) is 11.3 Å². The van der Waals surface area contributed by atoms with Crippen LogP contribution in [0.5, 0.6) is 11.6 Å². The second kappa shape index (κ2) is 4.47. The van der Waals surface area contributed by atoms with E-state index in [2.05, 4.69) is 9.97 Å². The predicted octanol–water partition coefficient (Wildman–Crippen LogP) is 2.11. The van der Waals surface area contributed by atoms with Crippen molar-refractivity contribution in [3.63, 3.8) is 0 Å². The Kier molecular flexibility index (Phi) is 3.01. The van der Waals surface area contributed by atoms with Gasteiger partial charge >= 0.3 is 0 Å². The van der Waals surface area contributed by atoms with Gasteiger partial charge in [0.15, 0.2) is 5.02 Å². The van der Waals surface area contributed by atoms with Gasteiger partial charge in [-0.05, 0) is 19.1 Å². The number of hydrogen-bond acceptors (Lipinski definition) is 4. The molecule has 0 atom stereocenters. The van der Waals surface area contributed by atoms with Crippen molar-refractivity contribution in [1.29, 1.82) is 0 Å². The third-order valence-electron chi connectivity index (χ3n) is 2.30. The maximum absolute atomic E-state index is 11.2. The van der Waals surface area contributed by atoms with Crippen LogP contribution in [-0.4, -0.2) is 9.97 Å². The summed E-state index contributed by atoms with van der Waals surface area (Å²) in [6.45, 7) is 1.81. The first kappa shape index (κ1) is 11.5. The van der Waals surface area contributed by atoms with Gasteiger partial charge in [0.1, 0.15) is 5.75 Å². The number of rotatable bonds is 2. The highest BCUT2D eigenvalue weighted by atomic mass is 35.5. The molecule has 0 aliphatic carbocycles. The van der Waals surface area contributed by atoms with Crippen LogP contribution in [-0.2, 0) is 0 Å². The Balaban J connectivity index is 2.42. The first-order chi connectivity index (χ1) is 8.09. The number of nitrogens with two attached hydrogens (primary N) is 1. The van der Waals surface area contributed by atoms with Crippen molar-refractivity contribution >= 4 is 17.3 Å². The van der Waals surface area contributed by atoms with Crippen molar-refractivity contribution in [2.75, 3.05) is 5.73 Å². The maximum atomic E-state index is 11.2. The van der Waals surface area contributed by atoms with Crippen molar-refractivity contribution < 1.29 is 4.74 Å². The van der Waals surface area contributed by atoms with E-state index in [4.69, 9.17) is 22.1 Å². The van der Waals surface area contributed by atoms with Crippen LogP contribution in [0.15, 0.2) is 29.3 Å². The second-order valence-electron chi connectivity index (χ2n) is 3.42. The monoisotopic (exact) mass is 251 g/mol. The van der Waals surface area contributed by atoms with Crippen molar-refractivity contribution in [2.45, 2.75) is 6.92 Å². The van der Waals surface area contributed by atoms with Crippen molar-refractivity contribution in [1.82, 2.24) is 9.97 Å². The molecule has 0 aliphatic rings. The zero-order valence-electron chi connectivity index (χ0n) is 9.03. The summed E-state index contributed by atoms with van der Waals surface area (Å²) in [5.74, 6) is 0.578. The number of benzene rings is 1. The summed E-state index contributed by atoms with van der Waals surface area (Å²) >= 11 is 5.77. The Bertz CT molecular complexity index is 610. The molecule has 2 rings (SSSR count). The fourth-order valence-electron chi connectivity index (χ4n) is 1.28. The number of H-pyrrole nitrogens is 1. The van der Waals surface area contributed by atoms with Gasteiger partial charge in [0.25, 0.3) is 5.56 Å². The summed E-state index contributed by atoms with van der Waals surface area (Å²) in [5, 5.41) is -0.0886. The lowest BCUT2D eigenvalue weighted by Crippen LogP contribution is -2.08. The molecule has 0 saturated carbocycles. The number of nitrogens with zero attached hydrogens (tertiary/aromatic N) is 1. The van der Waals surface area contributed by atoms with E-state index >= 15 is 0 Å². The lowest BCUT2D eigenvalue weighted by molar-refractivity contribution is 0.458. The fourth-order valence-corrected chi connectivity index (χ4v) is 1.43. The Hall–Kier alpha value is -2.01. The van der Waals surface area contributed by atoms with Gasteiger partial charge in [0.2, 0.25) is 5.88 Å². The SMILES string of the molecule is Cc1c(N)cccc1Oc1nc[nH]c(=O)c1Cl. The summed E-state index contributed by atoms with van der Waals surface area (Å²) in [6.07, 6.45) is 1.23. The number of aromatic nitrogens is 2. The zero-order chi connectivity index (χ0) is 12.4. The van der Waals surface area contributed by atoms with Crippen molar-refractivity contribution in [3.05, 3.63) is 45.5 Å². The van der Waals surface area contributed by atoms with Gasteiger partial charge in [-0.1, -0.05) is 17.7 Å². The van der Waals surface area contributed by atoms with Gasteiger partial charge in [-0.25, -0.2) is 4.98 Å². The number of hydrogen-bond donors (Lipinski definition) is 2. The lowest BCUT2D eigenvalue weighted by atomic mass is 10.2. The van der Waals surface area contributed by atoms with E-state index in [0.717, 1.165) is 5.56 Å². The third kappa shape index (κ3) is 2.24. The zero-order valence-corrected chi connectivity index (χ0v) is 9.78. The maximum Gasteiger partial charge on any atom is 0.273 e. The van der Waals surface area contributed by atoms with Crippen LogP contribution in [0.2, 0.25) is 5.02 Å². The van der Waals surface area contributed by atoms with Crippen LogP contribution in [0, 0.1) is 6.92 Å². The quantitative estimate of drug-likeness (QED) is 0.801. The standard InChI is InChI=1S/C11H10ClN3O2/c1-6-7(13)3-2-4-8(6)17-11-9(12)10(16)14-5-15-11/h2-5H,13H2,1H3,(H,14,15,16). The number of anilines is 1. The molecule has 0 saturated heterocycles. The normalized spacial score (nSPS) is 10.2. The molecule has 1 heterocycles. The van der Waals surface area contributed by atoms with Crippen LogP contribution >= 0.6 is 11.6 Å². The Morgan fingerprint density at radius 2 is 2.24 bits per heavy atom. The van der Waals surface area contributed by atoms with Gasteiger partial charge in [0.05, 0.1) is 6.33 Å². The predicted molar refractivity (Wildman–Crippen MR) is 65.5 cm³/mol. The number of nitrogens with one attached hydrogen (secondary N) is 1. The summed E-state index contributed by atoms with van der Waals surface area (Å²) in [6, 6.07) is 5.23. The Morgan fingerprint density at radius 3 is 3.00 bits per heavy atom. The average Bonchev–Trinajstić information content (AvgIpc) is 2.31. The highest BCUT2D eigenvalue weighted by molar-refractivity contribution is 6.31. The van der Waals surface area contributed by atoms with Crippen LogP contribution < -0.4 is 16.0 Å². The number of halogens is 1. The van der Waals surface area contributed by atoms with Gasteiger partial charge in [-0.15, -0.1) is 0 Å². The minimum absolute atomic E-state index is 0.0594.